The third kappa shape index (κ3) is 2.53. The molecule has 0 bridgehead atoms. The molecule has 5 rings (SSSR count). The van der Waals surface area contributed by atoms with E-state index in [-0.39, 0.29) is 5.82 Å². The Balaban J connectivity index is 1.63. The van der Waals surface area contributed by atoms with Crippen LogP contribution in [0.15, 0.2) is 60.8 Å². The van der Waals surface area contributed by atoms with Crippen molar-refractivity contribution in [1.29, 1.82) is 0 Å². The van der Waals surface area contributed by atoms with Crippen molar-refractivity contribution < 1.29 is 4.39 Å². The molecule has 0 fully saturated rings. The quantitative estimate of drug-likeness (QED) is 0.475. The summed E-state index contributed by atoms with van der Waals surface area (Å²) in [5, 5.41) is 18.0. The van der Waals surface area contributed by atoms with Crippen LogP contribution in [-0.2, 0) is 0 Å². The number of aromatic nitrogens is 6. The zero-order chi connectivity index (χ0) is 18.4. The maximum absolute atomic E-state index is 14.1. The highest BCUT2D eigenvalue weighted by atomic mass is 32.1. The zero-order valence-electron chi connectivity index (χ0n) is 14.2. The van der Waals surface area contributed by atoms with E-state index in [0.29, 0.717) is 21.4 Å². The van der Waals surface area contributed by atoms with E-state index in [4.69, 9.17) is 0 Å². The summed E-state index contributed by atoms with van der Waals surface area (Å²) in [6.07, 6.45) is 1.75. The van der Waals surface area contributed by atoms with E-state index in [2.05, 4.69) is 20.4 Å². The summed E-state index contributed by atoms with van der Waals surface area (Å²) in [6.45, 7) is 1.97. The predicted octanol–water partition coefficient (Wildman–Crippen LogP) is 4.15. The van der Waals surface area contributed by atoms with Crippen molar-refractivity contribution >= 4 is 16.3 Å². The lowest BCUT2D eigenvalue weighted by Gasteiger charge is -2.04. The van der Waals surface area contributed by atoms with E-state index in [9.17, 15) is 4.39 Å². The lowest BCUT2D eigenvalue weighted by atomic mass is 10.2. The SMILES string of the molecule is Cc1c(-c2nnc3sc(-c4ccccc4F)nn23)cnn1-c1ccccc1. The van der Waals surface area contributed by atoms with Crippen molar-refractivity contribution in [2.24, 2.45) is 0 Å². The van der Waals surface area contributed by atoms with Gasteiger partial charge < -0.3 is 0 Å². The second-order valence-electron chi connectivity index (χ2n) is 6.00. The van der Waals surface area contributed by atoms with E-state index in [1.807, 2.05) is 41.9 Å². The minimum Gasteiger partial charge on any atom is -0.237 e. The van der Waals surface area contributed by atoms with Gasteiger partial charge in [-0.3, -0.25) is 0 Å². The van der Waals surface area contributed by atoms with Crippen LogP contribution in [0.5, 0.6) is 0 Å². The van der Waals surface area contributed by atoms with E-state index in [0.717, 1.165) is 16.9 Å². The van der Waals surface area contributed by atoms with Crippen molar-refractivity contribution in [3.8, 4) is 27.6 Å². The molecular formula is C19H13FN6S. The lowest BCUT2D eigenvalue weighted by Crippen LogP contribution is -1.99. The topological polar surface area (TPSA) is 60.9 Å². The molecule has 27 heavy (non-hydrogen) atoms. The first-order valence-corrected chi connectivity index (χ1v) is 9.11. The van der Waals surface area contributed by atoms with Crippen molar-refractivity contribution in [1.82, 2.24) is 29.6 Å². The first-order valence-electron chi connectivity index (χ1n) is 8.30. The molecule has 0 atom stereocenters. The Morgan fingerprint density at radius 2 is 1.70 bits per heavy atom. The summed E-state index contributed by atoms with van der Waals surface area (Å²) in [6, 6.07) is 16.4. The van der Waals surface area contributed by atoms with Gasteiger partial charge in [0.2, 0.25) is 4.96 Å². The third-order valence-electron chi connectivity index (χ3n) is 4.35. The van der Waals surface area contributed by atoms with E-state index in [1.165, 1.54) is 17.4 Å². The van der Waals surface area contributed by atoms with E-state index < -0.39 is 0 Å². The molecule has 0 N–H and O–H groups in total. The van der Waals surface area contributed by atoms with E-state index >= 15 is 0 Å². The Kier molecular flexibility index (Phi) is 3.58. The summed E-state index contributed by atoms with van der Waals surface area (Å²) in [5.41, 5.74) is 3.18. The molecular weight excluding hydrogens is 363 g/mol. The molecule has 5 aromatic rings. The number of rotatable bonds is 3. The molecule has 0 spiro atoms. The number of fused-ring (bicyclic) bond motifs is 1. The van der Waals surface area contributed by atoms with Crippen LogP contribution in [-0.4, -0.2) is 29.6 Å². The molecule has 8 heteroatoms. The smallest absolute Gasteiger partial charge is 0.235 e. The van der Waals surface area contributed by atoms with Gasteiger partial charge in [-0.05, 0) is 31.2 Å². The maximum atomic E-state index is 14.1. The highest BCUT2D eigenvalue weighted by Gasteiger charge is 2.19. The fourth-order valence-corrected chi connectivity index (χ4v) is 3.85. The van der Waals surface area contributed by atoms with Gasteiger partial charge in [-0.25, -0.2) is 9.07 Å². The molecule has 0 amide bonds. The Bertz CT molecular complexity index is 1250. The molecule has 0 aliphatic rings. The van der Waals surface area contributed by atoms with Crippen LogP contribution < -0.4 is 0 Å². The van der Waals surface area contributed by atoms with Crippen molar-refractivity contribution in [3.63, 3.8) is 0 Å². The minimum atomic E-state index is -0.308. The monoisotopic (exact) mass is 376 g/mol. The largest absolute Gasteiger partial charge is 0.237 e. The van der Waals surface area contributed by atoms with Crippen LogP contribution in [0.25, 0.3) is 32.6 Å². The van der Waals surface area contributed by atoms with Crippen LogP contribution >= 0.6 is 11.3 Å². The number of nitrogens with zero attached hydrogens (tertiary/aromatic N) is 6. The normalized spacial score (nSPS) is 11.3. The van der Waals surface area contributed by atoms with Gasteiger partial charge in [0.1, 0.15) is 5.82 Å². The van der Waals surface area contributed by atoms with Gasteiger partial charge in [-0.15, -0.1) is 10.2 Å². The van der Waals surface area contributed by atoms with Crippen LogP contribution in [0.4, 0.5) is 4.39 Å². The molecule has 6 nitrogen and oxygen atoms in total. The molecule has 0 saturated carbocycles. The Morgan fingerprint density at radius 1 is 0.926 bits per heavy atom. The van der Waals surface area contributed by atoms with Crippen LogP contribution in [0.3, 0.4) is 0 Å². The Morgan fingerprint density at radius 3 is 2.52 bits per heavy atom. The molecule has 132 valence electrons. The summed E-state index contributed by atoms with van der Waals surface area (Å²) in [7, 11) is 0. The molecule has 0 aliphatic carbocycles. The second kappa shape index (κ2) is 6.10. The van der Waals surface area contributed by atoms with Gasteiger partial charge >= 0.3 is 0 Å². The molecule has 0 unspecified atom stereocenters. The van der Waals surface area contributed by atoms with Crippen molar-refractivity contribution in [2.45, 2.75) is 6.92 Å². The summed E-state index contributed by atoms with van der Waals surface area (Å²) >= 11 is 1.30. The maximum Gasteiger partial charge on any atom is 0.235 e. The van der Waals surface area contributed by atoms with Gasteiger partial charge in [0.15, 0.2) is 10.8 Å². The van der Waals surface area contributed by atoms with Gasteiger partial charge in [-0.1, -0.05) is 41.7 Å². The Hall–Kier alpha value is -3.39. The van der Waals surface area contributed by atoms with Gasteiger partial charge in [0.25, 0.3) is 0 Å². The molecule has 2 aromatic carbocycles. The molecule has 0 radical (unpaired) electrons. The minimum absolute atomic E-state index is 0.308. The molecule has 0 aliphatic heterocycles. The predicted molar refractivity (Wildman–Crippen MR) is 101 cm³/mol. The molecule has 3 heterocycles. The molecule has 0 saturated heterocycles. The third-order valence-corrected chi connectivity index (χ3v) is 5.28. The van der Waals surface area contributed by atoms with Crippen molar-refractivity contribution in [2.75, 3.05) is 0 Å². The fraction of sp³-hybridized carbons (Fsp3) is 0.0526. The van der Waals surface area contributed by atoms with Crippen molar-refractivity contribution in [3.05, 3.63) is 72.3 Å². The zero-order valence-corrected chi connectivity index (χ0v) is 15.1. The highest BCUT2D eigenvalue weighted by molar-refractivity contribution is 7.19. The van der Waals surface area contributed by atoms with Gasteiger partial charge in [-0.2, -0.15) is 14.7 Å². The standard InChI is InChI=1S/C19H13FN6S/c1-12-15(11-21-25(12)13-7-3-2-4-8-13)17-22-23-19-26(17)24-18(27-19)14-9-5-6-10-16(14)20/h2-11H,1H3. The summed E-state index contributed by atoms with van der Waals surface area (Å²) in [5.74, 6) is 0.278. The van der Waals surface area contributed by atoms with E-state index in [1.54, 1.807) is 28.9 Å². The second-order valence-corrected chi connectivity index (χ2v) is 6.95. The molecule has 3 aromatic heterocycles. The first kappa shape index (κ1) is 15.8. The highest BCUT2D eigenvalue weighted by Crippen LogP contribution is 2.30. The van der Waals surface area contributed by atoms with Crippen LogP contribution in [0.2, 0.25) is 0 Å². The van der Waals surface area contributed by atoms with Gasteiger partial charge in [0.05, 0.1) is 23.1 Å². The number of benzene rings is 2. The summed E-state index contributed by atoms with van der Waals surface area (Å²) < 4.78 is 17.6. The number of para-hydroxylation sites is 1. The Labute approximate surface area is 157 Å². The van der Waals surface area contributed by atoms with Crippen LogP contribution in [0, 0.1) is 12.7 Å². The number of hydrogen-bond acceptors (Lipinski definition) is 5. The average Bonchev–Trinajstić information content (AvgIpc) is 3.37. The average molecular weight is 376 g/mol. The number of hydrogen-bond donors (Lipinski definition) is 0. The summed E-state index contributed by atoms with van der Waals surface area (Å²) in [4.78, 5) is 0.607. The van der Waals surface area contributed by atoms with Crippen LogP contribution in [0.1, 0.15) is 5.69 Å². The fourth-order valence-electron chi connectivity index (χ4n) is 2.99. The number of halogens is 1. The first-order chi connectivity index (χ1) is 13.2. The lowest BCUT2D eigenvalue weighted by molar-refractivity contribution is 0.631. The van der Waals surface area contributed by atoms with Gasteiger partial charge in [0, 0.05) is 5.56 Å².